The molecule has 1 atom stereocenters. The lowest BCUT2D eigenvalue weighted by Gasteiger charge is -2.20. The van der Waals surface area contributed by atoms with Crippen molar-refractivity contribution in [3.05, 3.63) is 28.2 Å². The molecule has 0 radical (unpaired) electrons. The number of nitrogens with zero attached hydrogens (tertiary/aromatic N) is 1. The maximum Gasteiger partial charge on any atom is 0.239 e. The highest BCUT2D eigenvalue weighted by Crippen LogP contribution is 2.37. The van der Waals surface area contributed by atoms with Gasteiger partial charge in [-0.15, -0.1) is 0 Å². The number of amides is 1. The number of carbonyl (C=O) groups excluding carboxylic acids is 1. The van der Waals surface area contributed by atoms with Gasteiger partial charge in [0.05, 0.1) is 10.4 Å². The van der Waals surface area contributed by atoms with Crippen LogP contribution in [0.4, 0.5) is 0 Å². The van der Waals surface area contributed by atoms with Crippen LogP contribution in [0.15, 0.2) is 32.6 Å². The van der Waals surface area contributed by atoms with Crippen LogP contribution in [0.2, 0.25) is 0 Å². The van der Waals surface area contributed by atoms with E-state index in [1.165, 1.54) is 24.8 Å². The van der Waals surface area contributed by atoms with Crippen molar-refractivity contribution < 1.29 is 13.2 Å². The molecule has 6 nitrogen and oxygen atoms in total. The van der Waals surface area contributed by atoms with Gasteiger partial charge in [0.1, 0.15) is 0 Å². The van der Waals surface area contributed by atoms with Crippen LogP contribution in [0.5, 0.6) is 0 Å². The Bertz CT molecular complexity index is 733. The van der Waals surface area contributed by atoms with Crippen molar-refractivity contribution in [2.45, 2.75) is 24.3 Å². The average molecular weight is 392 g/mol. The second kappa shape index (κ2) is 5.71. The molecule has 0 fully saturated rings. The summed E-state index contributed by atoms with van der Waals surface area (Å²) in [5.41, 5.74) is 0.316. The molecule has 0 aliphatic carbocycles. The maximum absolute atomic E-state index is 11.4. The van der Waals surface area contributed by atoms with Crippen LogP contribution in [0.3, 0.4) is 0 Å². The van der Waals surface area contributed by atoms with Crippen molar-refractivity contribution >= 4 is 48.8 Å². The minimum Gasteiger partial charge on any atom is -0.306 e. The van der Waals surface area contributed by atoms with Gasteiger partial charge in [0.25, 0.3) is 0 Å². The number of primary sulfonamides is 1. The first-order valence-electron chi connectivity index (χ1n) is 5.95. The van der Waals surface area contributed by atoms with Crippen molar-refractivity contribution in [3.63, 3.8) is 0 Å². The Hall–Kier alpha value is -0.900. The number of hydrogen-bond donors (Lipinski definition) is 2. The molecule has 0 saturated heterocycles. The molecule has 0 unspecified atom stereocenters. The molecular weight excluding hydrogens is 378 g/mol. The lowest BCUT2D eigenvalue weighted by Crippen LogP contribution is -2.25. The fourth-order valence-electron chi connectivity index (χ4n) is 1.93. The highest BCUT2D eigenvalue weighted by atomic mass is 79.9. The summed E-state index contributed by atoms with van der Waals surface area (Å²) in [6, 6.07) is 4.84. The highest BCUT2D eigenvalue weighted by Gasteiger charge is 2.33. The fraction of sp³-hybridized carbons (Fsp3) is 0.333. The van der Waals surface area contributed by atoms with E-state index in [1.807, 2.05) is 6.92 Å². The third-order valence-electron chi connectivity index (χ3n) is 2.98. The standard InChI is InChI=1S/C12H14BrN3O3S2/c1-7(17)15-11-16-12(2,6-20-11)8-3-4-10(9(13)5-8)21(14,18)19/h3-5H,6H2,1-2H3,(H2,14,18,19)(H,15,16,17)/t12-/m1/s1. The fourth-order valence-corrected chi connectivity index (χ4v) is 4.70. The minimum absolute atomic E-state index is 0.0339. The van der Waals surface area contributed by atoms with Gasteiger partial charge in [-0.25, -0.2) is 13.6 Å². The van der Waals surface area contributed by atoms with Gasteiger partial charge in [-0.05, 0) is 40.5 Å². The Labute approximate surface area is 135 Å². The number of nitrogens with two attached hydrogens (primary N) is 1. The molecular formula is C12H14BrN3O3S2. The van der Waals surface area contributed by atoms with E-state index in [4.69, 9.17) is 5.14 Å². The van der Waals surface area contributed by atoms with E-state index in [-0.39, 0.29) is 10.8 Å². The smallest absolute Gasteiger partial charge is 0.239 e. The Morgan fingerprint density at radius 2 is 2.19 bits per heavy atom. The molecule has 9 heteroatoms. The molecule has 21 heavy (non-hydrogen) atoms. The quantitative estimate of drug-likeness (QED) is 0.797. The van der Waals surface area contributed by atoms with Crippen LogP contribution in [-0.4, -0.2) is 25.2 Å². The molecule has 0 bridgehead atoms. The van der Waals surface area contributed by atoms with E-state index < -0.39 is 15.6 Å². The van der Waals surface area contributed by atoms with E-state index in [0.717, 1.165) is 5.56 Å². The van der Waals surface area contributed by atoms with Gasteiger partial charge >= 0.3 is 0 Å². The first-order valence-corrected chi connectivity index (χ1v) is 9.27. The second-order valence-corrected chi connectivity index (χ2v) is 8.20. The Balaban J connectivity index is 2.37. The second-order valence-electron chi connectivity index (χ2n) is 4.85. The molecule has 2 rings (SSSR count). The zero-order valence-electron chi connectivity index (χ0n) is 11.4. The van der Waals surface area contributed by atoms with Crippen LogP contribution in [-0.2, 0) is 20.4 Å². The maximum atomic E-state index is 11.4. The molecule has 1 aliphatic rings. The molecule has 0 saturated carbocycles. The third kappa shape index (κ3) is 3.65. The largest absolute Gasteiger partial charge is 0.306 e. The number of carbonyl (C=O) groups is 1. The van der Waals surface area contributed by atoms with Crippen molar-refractivity contribution in [3.8, 4) is 0 Å². The number of amidine groups is 1. The van der Waals surface area contributed by atoms with E-state index >= 15 is 0 Å². The summed E-state index contributed by atoms with van der Waals surface area (Å²) in [6.07, 6.45) is 0. The zero-order valence-corrected chi connectivity index (χ0v) is 14.6. The summed E-state index contributed by atoms with van der Waals surface area (Å²) in [6.45, 7) is 3.35. The lowest BCUT2D eigenvalue weighted by atomic mass is 9.95. The average Bonchev–Trinajstić information content (AvgIpc) is 2.69. The Morgan fingerprint density at radius 1 is 1.52 bits per heavy atom. The topological polar surface area (TPSA) is 102 Å². The molecule has 1 heterocycles. The summed E-state index contributed by atoms with van der Waals surface area (Å²) < 4.78 is 23.2. The van der Waals surface area contributed by atoms with Gasteiger partial charge in [0, 0.05) is 17.1 Å². The first-order chi connectivity index (χ1) is 9.62. The molecule has 0 spiro atoms. The summed E-state index contributed by atoms with van der Waals surface area (Å²) in [5.74, 6) is 0.486. The number of aliphatic imine (C=N–C) groups is 1. The first kappa shape index (κ1) is 16.5. The molecule has 1 aromatic carbocycles. The van der Waals surface area contributed by atoms with Gasteiger partial charge in [-0.1, -0.05) is 17.8 Å². The van der Waals surface area contributed by atoms with Crippen molar-refractivity contribution in [1.82, 2.24) is 5.32 Å². The molecule has 1 aliphatic heterocycles. The van der Waals surface area contributed by atoms with Gasteiger partial charge < -0.3 is 5.32 Å². The van der Waals surface area contributed by atoms with Gasteiger partial charge in [-0.2, -0.15) is 0 Å². The van der Waals surface area contributed by atoms with Gasteiger partial charge in [0.15, 0.2) is 5.17 Å². The summed E-state index contributed by atoms with van der Waals surface area (Å²) in [5, 5.41) is 8.36. The number of sulfonamides is 1. The predicted molar refractivity (Wildman–Crippen MR) is 86.6 cm³/mol. The lowest BCUT2D eigenvalue weighted by molar-refractivity contribution is -0.117. The van der Waals surface area contributed by atoms with Gasteiger partial charge in [0.2, 0.25) is 15.9 Å². The molecule has 1 amide bonds. The minimum atomic E-state index is -3.77. The summed E-state index contributed by atoms with van der Waals surface area (Å²) in [4.78, 5) is 15.6. The third-order valence-corrected chi connectivity index (χ3v) is 6.04. The van der Waals surface area contributed by atoms with Crippen LogP contribution in [0, 0.1) is 0 Å². The van der Waals surface area contributed by atoms with Crippen LogP contribution >= 0.6 is 27.7 Å². The number of rotatable bonds is 2. The highest BCUT2D eigenvalue weighted by molar-refractivity contribution is 9.10. The number of halogens is 1. The van der Waals surface area contributed by atoms with Gasteiger partial charge in [-0.3, -0.25) is 9.79 Å². The summed E-state index contributed by atoms with van der Waals surface area (Å²) >= 11 is 4.67. The van der Waals surface area contributed by atoms with E-state index in [0.29, 0.717) is 15.4 Å². The SMILES string of the molecule is CC(=O)NC1=N[C@@](C)(c2ccc(S(N)(=O)=O)c(Br)c2)CS1. The molecule has 3 N–H and O–H groups in total. The zero-order chi connectivity index (χ0) is 15.8. The van der Waals surface area contributed by atoms with E-state index in [2.05, 4.69) is 26.2 Å². The van der Waals surface area contributed by atoms with Crippen LogP contribution < -0.4 is 10.5 Å². The van der Waals surface area contributed by atoms with Crippen molar-refractivity contribution in [2.75, 3.05) is 5.75 Å². The van der Waals surface area contributed by atoms with Crippen LogP contribution in [0.25, 0.3) is 0 Å². The van der Waals surface area contributed by atoms with Crippen LogP contribution in [0.1, 0.15) is 19.4 Å². The van der Waals surface area contributed by atoms with Crippen molar-refractivity contribution in [1.29, 1.82) is 0 Å². The molecule has 0 aromatic heterocycles. The Morgan fingerprint density at radius 3 is 2.71 bits per heavy atom. The monoisotopic (exact) mass is 391 g/mol. The molecule has 114 valence electrons. The summed E-state index contributed by atoms with van der Waals surface area (Å²) in [7, 11) is -3.77. The van der Waals surface area contributed by atoms with E-state index in [1.54, 1.807) is 12.1 Å². The number of thioether (sulfide) groups is 1. The van der Waals surface area contributed by atoms with E-state index in [9.17, 15) is 13.2 Å². The number of benzene rings is 1. The number of nitrogens with one attached hydrogen (secondary N) is 1. The normalized spacial score (nSPS) is 22.0. The van der Waals surface area contributed by atoms with Crippen molar-refractivity contribution in [2.24, 2.45) is 10.1 Å². The molecule has 1 aromatic rings. The number of hydrogen-bond acceptors (Lipinski definition) is 5. The predicted octanol–water partition coefficient (Wildman–Crippen LogP) is 1.55. The Kier molecular flexibility index (Phi) is 4.48.